The van der Waals surface area contributed by atoms with Crippen LogP contribution in [0.2, 0.25) is 0 Å². The molecule has 1 aromatic carbocycles. The van der Waals surface area contributed by atoms with Crippen LogP contribution >= 0.6 is 24.0 Å². The lowest BCUT2D eigenvalue weighted by atomic mass is 9.96. The van der Waals surface area contributed by atoms with Crippen LogP contribution in [-0.2, 0) is 22.6 Å². The van der Waals surface area contributed by atoms with E-state index in [1.807, 2.05) is 7.05 Å². The average molecular weight is 486 g/mol. The molecule has 0 spiro atoms. The molecule has 6 nitrogen and oxygen atoms in total. The molecule has 4 rings (SSSR count). The second-order valence-electron chi connectivity index (χ2n) is 7.49. The first kappa shape index (κ1) is 20.8. The molecule has 0 saturated carbocycles. The van der Waals surface area contributed by atoms with Crippen molar-refractivity contribution in [3.8, 4) is 0 Å². The molecular weight excluding hydrogens is 455 g/mol. The lowest BCUT2D eigenvalue weighted by Crippen LogP contribution is -2.47. The lowest BCUT2D eigenvalue weighted by Gasteiger charge is -2.26. The number of rotatable bonds is 5. The smallest absolute Gasteiger partial charge is 0.191 e. The minimum absolute atomic E-state index is 0. The second-order valence-corrected chi connectivity index (χ2v) is 7.49. The molecule has 2 bridgehead atoms. The van der Waals surface area contributed by atoms with E-state index in [0.29, 0.717) is 18.2 Å². The third kappa shape index (κ3) is 5.56. The van der Waals surface area contributed by atoms with Crippen molar-refractivity contribution in [1.82, 2.24) is 15.5 Å². The maximum Gasteiger partial charge on any atom is 0.191 e. The van der Waals surface area contributed by atoms with E-state index in [9.17, 15) is 0 Å². The predicted molar refractivity (Wildman–Crippen MR) is 118 cm³/mol. The van der Waals surface area contributed by atoms with Crippen LogP contribution in [0.5, 0.6) is 0 Å². The Labute approximate surface area is 179 Å². The number of nitrogens with one attached hydrogen (secondary N) is 2. The van der Waals surface area contributed by atoms with Crippen molar-refractivity contribution in [1.29, 1.82) is 0 Å². The molecule has 3 unspecified atom stereocenters. The third-order valence-electron chi connectivity index (χ3n) is 5.61. The van der Waals surface area contributed by atoms with Gasteiger partial charge in [0.05, 0.1) is 31.5 Å². The fraction of sp³-hybridized carbons (Fsp3) is 0.650. The zero-order valence-corrected chi connectivity index (χ0v) is 18.4. The van der Waals surface area contributed by atoms with Gasteiger partial charge in [0.2, 0.25) is 0 Å². The Hall–Kier alpha value is -0.900. The molecule has 0 radical (unpaired) electrons. The summed E-state index contributed by atoms with van der Waals surface area (Å²) in [6.07, 6.45) is 4.29. The molecule has 0 amide bonds. The SMILES string of the molecule is CN=C(NCc1cccc(CN2CCOCC2)c1)NC1CC2CCC1O2.I. The molecule has 27 heavy (non-hydrogen) atoms. The summed E-state index contributed by atoms with van der Waals surface area (Å²) >= 11 is 0. The highest BCUT2D eigenvalue weighted by molar-refractivity contribution is 14.0. The molecule has 3 aliphatic rings. The van der Waals surface area contributed by atoms with Gasteiger partial charge in [0, 0.05) is 33.2 Å². The zero-order chi connectivity index (χ0) is 17.8. The Morgan fingerprint density at radius 1 is 1.22 bits per heavy atom. The van der Waals surface area contributed by atoms with Crippen LogP contribution in [0.4, 0.5) is 0 Å². The molecule has 3 saturated heterocycles. The summed E-state index contributed by atoms with van der Waals surface area (Å²) in [7, 11) is 1.83. The number of guanidine groups is 1. The first-order valence-electron chi connectivity index (χ1n) is 9.81. The number of morpholine rings is 1. The lowest BCUT2D eigenvalue weighted by molar-refractivity contribution is 0.0342. The number of halogens is 1. The Morgan fingerprint density at radius 2 is 2.04 bits per heavy atom. The van der Waals surface area contributed by atoms with Crippen LogP contribution in [0.15, 0.2) is 29.3 Å². The number of ether oxygens (including phenoxy) is 2. The van der Waals surface area contributed by atoms with Crippen molar-refractivity contribution >= 4 is 29.9 Å². The van der Waals surface area contributed by atoms with Gasteiger partial charge in [0.1, 0.15) is 0 Å². The van der Waals surface area contributed by atoms with Crippen molar-refractivity contribution in [3.05, 3.63) is 35.4 Å². The molecule has 1 aromatic rings. The van der Waals surface area contributed by atoms with Crippen molar-refractivity contribution in [2.45, 2.75) is 50.6 Å². The standard InChI is InChI=1S/C20H30N4O2.HI/c1-21-20(23-18-12-17-5-6-19(18)26-17)22-13-15-3-2-4-16(11-15)14-24-7-9-25-10-8-24;/h2-4,11,17-19H,5-10,12-14H2,1H3,(H2,21,22,23);1H. The van der Waals surface area contributed by atoms with Gasteiger partial charge in [-0.3, -0.25) is 9.89 Å². The summed E-state index contributed by atoms with van der Waals surface area (Å²) in [5.41, 5.74) is 2.64. The Bertz CT molecular complexity index is 636. The fourth-order valence-corrected chi connectivity index (χ4v) is 4.20. The van der Waals surface area contributed by atoms with E-state index in [2.05, 4.69) is 44.8 Å². The number of fused-ring (bicyclic) bond motifs is 2. The molecule has 3 aliphatic heterocycles. The molecular formula is C20H31IN4O2. The molecule has 150 valence electrons. The van der Waals surface area contributed by atoms with Gasteiger partial charge < -0.3 is 20.1 Å². The van der Waals surface area contributed by atoms with Gasteiger partial charge in [-0.1, -0.05) is 24.3 Å². The number of hydrogen-bond acceptors (Lipinski definition) is 4. The molecule has 3 fully saturated rings. The molecule has 3 heterocycles. The molecule has 3 atom stereocenters. The third-order valence-corrected chi connectivity index (χ3v) is 5.61. The summed E-state index contributed by atoms with van der Waals surface area (Å²) in [6.45, 7) is 5.49. The van der Waals surface area contributed by atoms with Crippen LogP contribution in [0, 0.1) is 0 Å². The van der Waals surface area contributed by atoms with Crippen molar-refractivity contribution in [2.75, 3.05) is 33.4 Å². The summed E-state index contributed by atoms with van der Waals surface area (Å²) in [4.78, 5) is 6.83. The topological polar surface area (TPSA) is 58.1 Å². The Kier molecular flexibility index (Phi) is 7.75. The van der Waals surface area contributed by atoms with E-state index >= 15 is 0 Å². The monoisotopic (exact) mass is 486 g/mol. The van der Waals surface area contributed by atoms with Gasteiger partial charge in [0.15, 0.2) is 5.96 Å². The summed E-state index contributed by atoms with van der Waals surface area (Å²) in [5.74, 6) is 0.865. The Morgan fingerprint density at radius 3 is 2.74 bits per heavy atom. The molecule has 0 aliphatic carbocycles. The van der Waals surface area contributed by atoms with Crippen molar-refractivity contribution in [2.24, 2.45) is 4.99 Å². The van der Waals surface area contributed by atoms with Gasteiger partial charge in [-0.2, -0.15) is 0 Å². The van der Waals surface area contributed by atoms with Crippen LogP contribution in [0.1, 0.15) is 30.4 Å². The largest absolute Gasteiger partial charge is 0.379 e. The number of benzene rings is 1. The second kappa shape index (κ2) is 10.0. The molecule has 0 aromatic heterocycles. The van der Waals surface area contributed by atoms with Gasteiger partial charge in [-0.05, 0) is 30.4 Å². The number of hydrogen-bond donors (Lipinski definition) is 2. The minimum Gasteiger partial charge on any atom is -0.379 e. The van der Waals surface area contributed by atoms with Gasteiger partial charge in [-0.15, -0.1) is 24.0 Å². The van der Waals surface area contributed by atoms with Crippen LogP contribution in [-0.4, -0.2) is 62.5 Å². The van der Waals surface area contributed by atoms with E-state index in [4.69, 9.17) is 9.47 Å². The van der Waals surface area contributed by atoms with E-state index in [-0.39, 0.29) is 24.0 Å². The highest BCUT2D eigenvalue weighted by Crippen LogP contribution is 2.34. The highest BCUT2D eigenvalue weighted by Gasteiger charge is 2.41. The first-order chi connectivity index (χ1) is 12.8. The van der Waals surface area contributed by atoms with E-state index < -0.39 is 0 Å². The average Bonchev–Trinajstić information content (AvgIpc) is 3.29. The molecule has 7 heteroatoms. The maximum absolute atomic E-state index is 5.92. The number of aliphatic imine (C=N–C) groups is 1. The first-order valence-corrected chi connectivity index (χ1v) is 9.81. The van der Waals surface area contributed by atoms with Gasteiger partial charge >= 0.3 is 0 Å². The van der Waals surface area contributed by atoms with E-state index in [0.717, 1.165) is 51.8 Å². The normalized spacial score (nSPS) is 28.0. The van der Waals surface area contributed by atoms with E-state index in [1.165, 1.54) is 24.0 Å². The summed E-state index contributed by atoms with van der Waals surface area (Å²) < 4.78 is 11.4. The highest BCUT2D eigenvalue weighted by atomic mass is 127. The molecule has 2 N–H and O–H groups in total. The summed E-state index contributed by atoms with van der Waals surface area (Å²) in [6, 6.07) is 9.21. The maximum atomic E-state index is 5.92. The fourth-order valence-electron chi connectivity index (χ4n) is 4.20. The van der Waals surface area contributed by atoms with Crippen molar-refractivity contribution < 1.29 is 9.47 Å². The quantitative estimate of drug-likeness (QED) is 0.380. The van der Waals surface area contributed by atoms with Crippen molar-refractivity contribution in [3.63, 3.8) is 0 Å². The zero-order valence-electron chi connectivity index (χ0n) is 16.0. The Balaban J connectivity index is 0.00000210. The summed E-state index contributed by atoms with van der Waals surface area (Å²) in [5, 5.41) is 6.99. The van der Waals surface area contributed by atoms with Crippen LogP contribution in [0.25, 0.3) is 0 Å². The van der Waals surface area contributed by atoms with E-state index in [1.54, 1.807) is 0 Å². The predicted octanol–water partition coefficient (Wildman–Crippen LogP) is 2.12. The van der Waals surface area contributed by atoms with Gasteiger partial charge in [-0.25, -0.2) is 0 Å². The van der Waals surface area contributed by atoms with Crippen LogP contribution in [0.3, 0.4) is 0 Å². The van der Waals surface area contributed by atoms with Crippen LogP contribution < -0.4 is 10.6 Å². The van der Waals surface area contributed by atoms with Gasteiger partial charge in [0.25, 0.3) is 0 Å². The number of nitrogens with zero attached hydrogens (tertiary/aromatic N) is 2. The minimum atomic E-state index is 0.